The predicted octanol–water partition coefficient (Wildman–Crippen LogP) is 2.33. The zero-order valence-corrected chi connectivity index (χ0v) is 15.5. The lowest BCUT2D eigenvalue weighted by Gasteiger charge is -2.11. The first-order chi connectivity index (χ1) is 12.2. The number of imidazole rings is 1. The Morgan fingerprint density at radius 2 is 2.08 bits per heavy atom. The highest BCUT2D eigenvalue weighted by molar-refractivity contribution is 5.79. The topological polar surface area (TPSA) is 63.5 Å². The number of guanidine groups is 1. The van der Waals surface area contributed by atoms with Crippen molar-refractivity contribution in [3.05, 3.63) is 53.6 Å². The molecule has 0 aliphatic carbocycles. The van der Waals surface area contributed by atoms with Gasteiger partial charge in [0.05, 0.1) is 13.2 Å². The van der Waals surface area contributed by atoms with Crippen molar-refractivity contribution in [1.29, 1.82) is 0 Å². The van der Waals surface area contributed by atoms with Gasteiger partial charge in [-0.1, -0.05) is 24.3 Å². The third-order valence-corrected chi connectivity index (χ3v) is 3.77. The highest BCUT2D eigenvalue weighted by atomic mass is 16.5. The third-order valence-electron chi connectivity index (χ3n) is 3.77. The summed E-state index contributed by atoms with van der Waals surface area (Å²) < 4.78 is 7.49. The van der Waals surface area contributed by atoms with Crippen molar-refractivity contribution in [3.63, 3.8) is 0 Å². The van der Waals surface area contributed by atoms with Crippen molar-refractivity contribution < 1.29 is 4.74 Å². The molecule has 6 heteroatoms. The van der Waals surface area contributed by atoms with Gasteiger partial charge in [-0.3, -0.25) is 0 Å². The van der Waals surface area contributed by atoms with Crippen LogP contribution in [-0.4, -0.2) is 41.8 Å². The minimum Gasteiger partial charge on any atom is -0.380 e. The summed E-state index contributed by atoms with van der Waals surface area (Å²) >= 11 is 0. The molecule has 0 bridgehead atoms. The number of nitrogens with zero attached hydrogens (tertiary/aromatic N) is 3. The SMILES string of the molecule is CCNC(=NCc1cccc(Cn2ccnc2C)c1)NCCOCC. The van der Waals surface area contributed by atoms with Crippen LogP contribution in [0.2, 0.25) is 0 Å². The zero-order valence-electron chi connectivity index (χ0n) is 15.5. The Bertz CT molecular complexity index is 665. The van der Waals surface area contributed by atoms with Gasteiger partial charge in [0.2, 0.25) is 0 Å². The maximum atomic E-state index is 5.35. The predicted molar refractivity (Wildman–Crippen MR) is 102 cm³/mol. The molecule has 1 aromatic carbocycles. The van der Waals surface area contributed by atoms with E-state index in [0.717, 1.165) is 38.0 Å². The van der Waals surface area contributed by atoms with E-state index in [9.17, 15) is 0 Å². The standard InChI is InChI=1S/C19H29N5O/c1-4-20-19(22-10-12-25-5-2)23-14-17-7-6-8-18(13-17)15-24-11-9-21-16(24)3/h6-9,11,13H,4-5,10,12,14-15H2,1-3H3,(H2,20,22,23). The number of aryl methyl sites for hydroxylation is 1. The molecule has 0 saturated heterocycles. The van der Waals surface area contributed by atoms with Crippen LogP contribution in [0.5, 0.6) is 0 Å². The van der Waals surface area contributed by atoms with E-state index < -0.39 is 0 Å². The molecule has 2 rings (SSSR count). The molecule has 0 unspecified atom stereocenters. The van der Waals surface area contributed by atoms with Gasteiger partial charge in [-0.25, -0.2) is 9.98 Å². The molecule has 1 aromatic heterocycles. The van der Waals surface area contributed by atoms with E-state index in [0.29, 0.717) is 13.2 Å². The van der Waals surface area contributed by atoms with E-state index in [4.69, 9.17) is 4.74 Å². The molecular weight excluding hydrogens is 314 g/mol. The van der Waals surface area contributed by atoms with Gasteiger partial charge in [0.15, 0.2) is 5.96 Å². The van der Waals surface area contributed by atoms with Crippen molar-refractivity contribution >= 4 is 5.96 Å². The molecule has 6 nitrogen and oxygen atoms in total. The average molecular weight is 343 g/mol. The largest absolute Gasteiger partial charge is 0.380 e. The third kappa shape index (κ3) is 6.58. The van der Waals surface area contributed by atoms with Crippen LogP contribution in [-0.2, 0) is 17.8 Å². The first-order valence-corrected chi connectivity index (χ1v) is 8.88. The molecule has 0 atom stereocenters. The van der Waals surface area contributed by atoms with Gasteiger partial charge in [0.1, 0.15) is 5.82 Å². The second-order valence-electron chi connectivity index (χ2n) is 5.74. The molecule has 0 aliphatic heterocycles. The molecule has 0 saturated carbocycles. The number of nitrogens with one attached hydrogen (secondary N) is 2. The number of hydrogen-bond donors (Lipinski definition) is 2. The second-order valence-corrected chi connectivity index (χ2v) is 5.74. The van der Waals surface area contributed by atoms with E-state index in [2.05, 4.69) is 56.4 Å². The van der Waals surface area contributed by atoms with E-state index >= 15 is 0 Å². The fraction of sp³-hybridized carbons (Fsp3) is 0.474. The number of hydrogen-bond acceptors (Lipinski definition) is 3. The van der Waals surface area contributed by atoms with Gasteiger partial charge < -0.3 is 19.9 Å². The molecule has 1 heterocycles. The Balaban J connectivity index is 1.95. The summed E-state index contributed by atoms with van der Waals surface area (Å²) in [6.45, 7) is 10.5. The van der Waals surface area contributed by atoms with Gasteiger partial charge in [-0.05, 0) is 31.9 Å². The Morgan fingerprint density at radius 1 is 1.24 bits per heavy atom. The molecule has 0 fully saturated rings. The lowest BCUT2D eigenvalue weighted by molar-refractivity contribution is 0.152. The van der Waals surface area contributed by atoms with Gasteiger partial charge in [0, 0.05) is 38.6 Å². The summed E-state index contributed by atoms with van der Waals surface area (Å²) in [4.78, 5) is 8.93. The van der Waals surface area contributed by atoms with Crippen LogP contribution >= 0.6 is 0 Å². The Kier molecular flexibility index (Phi) is 7.98. The maximum absolute atomic E-state index is 5.35. The van der Waals surface area contributed by atoms with Crippen molar-refractivity contribution in [1.82, 2.24) is 20.2 Å². The fourth-order valence-electron chi connectivity index (χ4n) is 2.49. The number of rotatable bonds is 9. The second kappa shape index (κ2) is 10.5. The average Bonchev–Trinajstić information content (AvgIpc) is 3.01. The molecular formula is C19H29N5O. The fourth-order valence-corrected chi connectivity index (χ4v) is 2.49. The minimum atomic E-state index is 0.640. The highest BCUT2D eigenvalue weighted by Crippen LogP contribution is 2.09. The van der Waals surface area contributed by atoms with Crippen LogP contribution in [0.3, 0.4) is 0 Å². The van der Waals surface area contributed by atoms with Crippen LogP contribution in [0.4, 0.5) is 0 Å². The Hall–Kier alpha value is -2.34. The van der Waals surface area contributed by atoms with E-state index in [-0.39, 0.29) is 0 Å². The summed E-state index contributed by atoms with van der Waals surface area (Å²) in [6, 6.07) is 8.53. The number of ether oxygens (including phenoxy) is 1. The van der Waals surface area contributed by atoms with Crippen LogP contribution < -0.4 is 10.6 Å². The van der Waals surface area contributed by atoms with Gasteiger partial charge in [-0.15, -0.1) is 0 Å². The van der Waals surface area contributed by atoms with E-state index in [1.807, 2.05) is 26.2 Å². The number of aromatic nitrogens is 2. The molecule has 0 radical (unpaired) electrons. The van der Waals surface area contributed by atoms with Gasteiger partial charge in [0.25, 0.3) is 0 Å². The van der Waals surface area contributed by atoms with Crippen molar-refractivity contribution in [3.8, 4) is 0 Å². The lowest BCUT2D eigenvalue weighted by atomic mass is 10.1. The molecule has 0 amide bonds. The highest BCUT2D eigenvalue weighted by Gasteiger charge is 2.01. The quantitative estimate of drug-likeness (QED) is 0.417. The lowest BCUT2D eigenvalue weighted by Crippen LogP contribution is -2.39. The molecule has 0 aliphatic rings. The Morgan fingerprint density at radius 3 is 2.80 bits per heavy atom. The van der Waals surface area contributed by atoms with Crippen LogP contribution in [0.15, 0.2) is 41.7 Å². The summed E-state index contributed by atoms with van der Waals surface area (Å²) in [5, 5.41) is 6.54. The zero-order chi connectivity index (χ0) is 17.9. The van der Waals surface area contributed by atoms with Crippen LogP contribution in [0.1, 0.15) is 30.8 Å². The first-order valence-electron chi connectivity index (χ1n) is 8.88. The van der Waals surface area contributed by atoms with E-state index in [1.54, 1.807) is 0 Å². The van der Waals surface area contributed by atoms with Crippen molar-refractivity contribution in [2.24, 2.45) is 4.99 Å². The summed E-state index contributed by atoms with van der Waals surface area (Å²) in [7, 11) is 0. The van der Waals surface area contributed by atoms with E-state index in [1.165, 1.54) is 11.1 Å². The summed E-state index contributed by atoms with van der Waals surface area (Å²) in [6.07, 6.45) is 3.84. The monoisotopic (exact) mass is 343 g/mol. The molecule has 25 heavy (non-hydrogen) atoms. The molecule has 136 valence electrons. The normalized spacial score (nSPS) is 11.6. The smallest absolute Gasteiger partial charge is 0.191 e. The van der Waals surface area contributed by atoms with Crippen LogP contribution in [0, 0.1) is 6.92 Å². The van der Waals surface area contributed by atoms with Gasteiger partial charge >= 0.3 is 0 Å². The molecule has 2 N–H and O–H groups in total. The minimum absolute atomic E-state index is 0.640. The summed E-state index contributed by atoms with van der Waals surface area (Å²) in [5.41, 5.74) is 2.44. The molecule has 2 aromatic rings. The number of benzene rings is 1. The van der Waals surface area contributed by atoms with Crippen molar-refractivity contribution in [2.75, 3.05) is 26.3 Å². The van der Waals surface area contributed by atoms with Crippen molar-refractivity contribution in [2.45, 2.75) is 33.9 Å². The summed E-state index contributed by atoms with van der Waals surface area (Å²) in [5.74, 6) is 1.84. The Labute approximate surface area is 150 Å². The van der Waals surface area contributed by atoms with Gasteiger partial charge in [-0.2, -0.15) is 0 Å². The maximum Gasteiger partial charge on any atom is 0.191 e. The number of aliphatic imine (C=N–C) groups is 1. The molecule has 0 spiro atoms. The van der Waals surface area contributed by atoms with Crippen LogP contribution in [0.25, 0.3) is 0 Å². The first kappa shape index (κ1) is 19.0.